The lowest BCUT2D eigenvalue weighted by molar-refractivity contribution is 0.0415. The van der Waals surface area contributed by atoms with E-state index in [1.165, 1.54) is 0 Å². The van der Waals surface area contributed by atoms with E-state index in [0.29, 0.717) is 25.7 Å². The molecule has 0 aliphatic rings. The summed E-state index contributed by atoms with van der Waals surface area (Å²) in [5.41, 5.74) is 0.152. The molecule has 0 aromatic rings. The lowest BCUT2D eigenvalue weighted by Gasteiger charge is -2.28. The number of rotatable bonds is 7. The molecule has 86 valence electrons. The Morgan fingerprint density at radius 3 is 2.21 bits per heavy atom. The van der Waals surface area contributed by atoms with Gasteiger partial charge in [0, 0.05) is 20.3 Å². The maximum atomic E-state index is 9.18. The molecular weight excluding hydrogens is 180 g/mol. The van der Waals surface area contributed by atoms with Gasteiger partial charge in [-0.15, -0.1) is 0 Å². The standard InChI is InChI=1S/C11H24O3/c1-11(2,3)10(9-12)5-6-14-8-7-13-4/h10,12H,5-9H2,1-4H3. The molecule has 0 rings (SSSR count). The van der Waals surface area contributed by atoms with Crippen LogP contribution in [0.25, 0.3) is 0 Å². The first-order chi connectivity index (χ1) is 6.52. The van der Waals surface area contributed by atoms with Gasteiger partial charge in [-0.05, 0) is 17.8 Å². The fraction of sp³-hybridized carbons (Fsp3) is 1.00. The van der Waals surface area contributed by atoms with E-state index in [1.54, 1.807) is 7.11 Å². The average Bonchev–Trinajstić information content (AvgIpc) is 2.09. The summed E-state index contributed by atoms with van der Waals surface area (Å²) in [5, 5.41) is 9.18. The molecule has 3 nitrogen and oxygen atoms in total. The van der Waals surface area contributed by atoms with Crippen molar-refractivity contribution < 1.29 is 14.6 Å². The minimum absolute atomic E-state index is 0.152. The SMILES string of the molecule is COCCOCCC(CO)C(C)(C)C. The molecule has 0 saturated heterocycles. The fourth-order valence-electron chi connectivity index (χ4n) is 1.27. The van der Waals surface area contributed by atoms with E-state index < -0.39 is 0 Å². The monoisotopic (exact) mass is 204 g/mol. The van der Waals surface area contributed by atoms with E-state index in [1.807, 2.05) is 0 Å². The van der Waals surface area contributed by atoms with Crippen molar-refractivity contribution in [3.8, 4) is 0 Å². The van der Waals surface area contributed by atoms with Gasteiger partial charge in [0.05, 0.1) is 13.2 Å². The Balaban J connectivity index is 3.54. The first kappa shape index (κ1) is 13.9. The molecule has 1 atom stereocenters. The van der Waals surface area contributed by atoms with Gasteiger partial charge >= 0.3 is 0 Å². The van der Waals surface area contributed by atoms with Crippen molar-refractivity contribution >= 4 is 0 Å². The molecule has 0 aliphatic heterocycles. The van der Waals surface area contributed by atoms with Crippen LogP contribution in [-0.4, -0.2) is 38.6 Å². The molecule has 1 N–H and O–H groups in total. The number of methoxy groups -OCH3 is 1. The highest BCUT2D eigenvalue weighted by atomic mass is 16.5. The molecule has 0 saturated carbocycles. The molecule has 0 amide bonds. The molecule has 0 spiro atoms. The van der Waals surface area contributed by atoms with Crippen molar-refractivity contribution in [2.45, 2.75) is 27.2 Å². The van der Waals surface area contributed by atoms with Crippen LogP contribution >= 0.6 is 0 Å². The Kier molecular flexibility index (Phi) is 7.15. The number of aliphatic hydroxyl groups is 1. The van der Waals surface area contributed by atoms with Crippen LogP contribution in [0.3, 0.4) is 0 Å². The third kappa shape index (κ3) is 6.35. The summed E-state index contributed by atoms with van der Waals surface area (Å²) >= 11 is 0. The number of hydrogen-bond acceptors (Lipinski definition) is 3. The molecule has 0 bridgehead atoms. The predicted molar refractivity (Wildman–Crippen MR) is 57.3 cm³/mol. The third-order valence-electron chi connectivity index (χ3n) is 2.49. The number of hydrogen-bond donors (Lipinski definition) is 1. The van der Waals surface area contributed by atoms with E-state index in [-0.39, 0.29) is 12.0 Å². The van der Waals surface area contributed by atoms with E-state index in [4.69, 9.17) is 9.47 Å². The van der Waals surface area contributed by atoms with Crippen molar-refractivity contribution in [1.82, 2.24) is 0 Å². The van der Waals surface area contributed by atoms with E-state index >= 15 is 0 Å². The highest BCUT2D eigenvalue weighted by Gasteiger charge is 2.23. The molecule has 1 unspecified atom stereocenters. The molecule has 0 heterocycles. The van der Waals surface area contributed by atoms with Crippen LogP contribution in [0.5, 0.6) is 0 Å². The molecule has 0 radical (unpaired) electrons. The quantitative estimate of drug-likeness (QED) is 0.641. The highest BCUT2D eigenvalue weighted by molar-refractivity contribution is 4.72. The van der Waals surface area contributed by atoms with Gasteiger partial charge in [-0.3, -0.25) is 0 Å². The van der Waals surface area contributed by atoms with Crippen molar-refractivity contribution in [2.75, 3.05) is 33.5 Å². The van der Waals surface area contributed by atoms with Gasteiger partial charge in [0.2, 0.25) is 0 Å². The van der Waals surface area contributed by atoms with Gasteiger partial charge in [-0.25, -0.2) is 0 Å². The van der Waals surface area contributed by atoms with Gasteiger partial charge in [-0.1, -0.05) is 20.8 Å². The maximum absolute atomic E-state index is 9.18. The van der Waals surface area contributed by atoms with Crippen molar-refractivity contribution in [3.63, 3.8) is 0 Å². The second-order valence-corrected chi connectivity index (χ2v) is 4.64. The summed E-state index contributed by atoms with van der Waals surface area (Å²) < 4.78 is 10.2. The molecule has 14 heavy (non-hydrogen) atoms. The highest BCUT2D eigenvalue weighted by Crippen LogP contribution is 2.27. The third-order valence-corrected chi connectivity index (χ3v) is 2.49. The Morgan fingerprint density at radius 2 is 1.79 bits per heavy atom. The van der Waals surface area contributed by atoms with E-state index in [2.05, 4.69) is 20.8 Å². The van der Waals surface area contributed by atoms with E-state index in [0.717, 1.165) is 6.42 Å². The molecule has 0 aliphatic carbocycles. The Bertz CT molecular complexity index is 129. The fourth-order valence-corrected chi connectivity index (χ4v) is 1.27. The summed E-state index contributed by atoms with van der Waals surface area (Å²) in [7, 11) is 1.66. The summed E-state index contributed by atoms with van der Waals surface area (Å²) in [6.45, 7) is 8.64. The topological polar surface area (TPSA) is 38.7 Å². The number of ether oxygens (including phenoxy) is 2. The summed E-state index contributed by atoms with van der Waals surface area (Å²) in [6, 6.07) is 0. The van der Waals surface area contributed by atoms with Gasteiger partial charge in [0.15, 0.2) is 0 Å². The predicted octanol–water partition coefficient (Wildman–Crippen LogP) is 1.69. The second-order valence-electron chi connectivity index (χ2n) is 4.64. The summed E-state index contributed by atoms with van der Waals surface area (Å²) in [6.07, 6.45) is 0.906. The van der Waals surface area contributed by atoms with Gasteiger partial charge < -0.3 is 14.6 Å². The molecule has 3 heteroatoms. The van der Waals surface area contributed by atoms with Crippen LogP contribution in [0, 0.1) is 11.3 Å². The van der Waals surface area contributed by atoms with Gasteiger partial charge in [0.1, 0.15) is 0 Å². The molecule has 0 aromatic carbocycles. The minimum Gasteiger partial charge on any atom is -0.396 e. The van der Waals surface area contributed by atoms with Crippen molar-refractivity contribution in [2.24, 2.45) is 11.3 Å². The van der Waals surface area contributed by atoms with Crippen LogP contribution in [-0.2, 0) is 9.47 Å². The maximum Gasteiger partial charge on any atom is 0.0700 e. The molecular formula is C11H24O3. The zero-order chi connectivity index (χ0) is 11.0. The first-order valence-electron chi connectivity index (χ1n) is 5.20. The second kappa shape index (κ2) is 7.21. The lowest BCUT2D eigenvalue weighted by Crippen LogP contribution is -2.25. The number of aliphatic hydroxyl groups excluding tert-OH is 1. The zero-order valence-corrected chi connectivity index (χ0v) is 9.88. The smallest absolute Gasteiger partial charge is 0.0700 e. The van der Waals surface area contributed by atoms with Gasteiger partial charge in [-0.2, -0.15) is 0 Å². The average molecular weight is 204 g/mol. The van der Waals surface area contributed by atoms with Crippen LogP contribution < -0.4 is 0 Å². The van der Waals surface area contributed by atoms with Crippen LogP contribution in [0.1, 0.15) is 27.2 Å². The first-order valence-corrected chi connectivity index (χ1v) is 5.20. The van der Waals surface area contributed by atoms with Crippen LogP contribution in [0.2, 0.25) is 0 Å². The minimum atomic E-state index is 0.152. The Morgan fingerprint density at radius 1 is 1.14 bits per heavy atom. The molecule has 0 fully saturated rings. The molecule has 0 aromatic heterocycles. The van der Waals surface area contributed by atoms with E-state index in [9.17, 15) is 5.11 Å². The zero-order valence-electron chi connectivity index (χ0n) is 9.88. The Labute approximate surface area is 87.4 Å². The van der Waals surface area contributed by atoms with Crippen molar-refractivity contribution in [3.05, 3.63) is 0 Å². The van der Waals surface area contributed by atoms with Crippen LogP contribution in [0.15, 0.2) is 0 Å². The largest absolute Gasteiger partial charge is 0.396 e. The normalized spacial score (nSPS) is 14.4. The van der Waals surface area contributed by atoms with Crippen molar-refractivity contribution in [1.29, 1.82) is 0 Å². The Hall–Kier alpha value is -0.120. The van der Waals surface area contributed by atoms with Gasteiger partial charge in [0.25, 0.3) is 0 Å². The summed E-state index contributed by atoms with van der Waals surface area (Å²) in [4.78, 5) is 0. The summed E-state index contributed by atoms with van der Waals surface area (Å²) in [5.74, 6) is 0.310. The lowest BCUT2D eigenvalue weighted by atomic mass is 9.79. The van der Waals surface area contributed by atoms with Crippen LogP contribution in [0.4, 0.5) is 0 Å².